The molecule has 0 saturated carbocycles. The highest BCUT2D eigenvalue weighted by Crippen LogP contribution is 2.25. The van der Waals surface area contributed by atoms with Gasteiger partial charge in [0.2, 0.25) is 0 Å². The number of hydrogen-bond donors (Lipinski definition) is 1. The maximum Gasteiger partial charge on any atom is 0.332 e. The van der Waals surface area contributed by atoms with Gasteiger partial charge in [-0.3, -0.25) is 4.21 Å². The van der Waals surface area contributed by atoms with Crippen LogP contribution in [0.1, 0.15) is 10.9 Å². The Labute approximate surface area is 122 Å². The molecule has 0 bridgehead atoms. The average Bonchev–Trinajstić information content (AvgIpc) is 2.88. The lowest BCUT2D eigenvalue weighted by atomic mass is 10.2. The summed E-state index contributed by atoms with van der Waals surface area (Å²) in [7, 11) is -4.25. The first-order valence-corrected chi connectivity index (χ1v) is 8.65. The van der Waals surface area contributed by atoms with Crippen molar-refractivity contribution in [2.75, 3.05) is 0 Å². The van der Waals surface area contributed by atoms with Gasteiger partial charge >= 0.3 is 10.1 Å². The van der Waals surface area contributed by atoms with Crippen LogP contribution in [0, 0.1) is 0 Å². The highest BCUT2D eigenvalue weighted by molar-refractivity contribution is 7.88. The standard InChI is InChI=1S/C10H10N2O5S3/c13-19(14)12-9(8-4-2-1-3-5-8)20(15,16)17-10-11-6-7-18-10/h1-7,9,12H,(H,13,14)/p-1. The molecule has 10 heteroatoms. The number of hydrogen-bond acceptors (Lipinski definition) is 7. The van der Waals surface area contributed by atoms with E-state index >= 15 is 0 Å². The van der Waals surface area contributed by atoms with E-state index in [0.717, 1.165) is 11.3 Å². The summed E-state index contributed by atoms with van der Waals surface area (Å²) in [4.78, 5) is 3.69. The van der Waals surface area contributed by atoms with Crippen molar-refractivity contribution < 1.29 is 21.4 Å². The van der Waals surface area contributed by atoms with Crippen molar-refractivity contribution in [3.8, 4) is 5.19 Å². The summed E-state index contributed by atoms with van der Waals surface area (Å²) in [5.74, 6) is 0. The highest BCUT2D eigenvalue weighted by atomic mass is 32.2. The Bertz CT molecular complexity index is 672. The molecule has 0 saturated heterocycles. The van der Waals surface area contributed by atoms with Gasteiger partial charge in [-0.05, 0) is 5.56 Å². The van der Waals surface area contributed by atoms with E-state index in [4.69, 9.17) is 4.18 Å². The first-order chi connectivity index (χ1) is 9.49. The fraction of sp³-hybridized carbons (Fsp3) is 0.100. The van der Waals surface area contributed by atoms with Crippen molar-refractivity contribution in [1.29, 1.82) is 0 Å². The molecule has 1 aromatic heterocycles. The molecular formula is C10H9N2O5S3-. The topological polar surface area (TPSA) is 108 Å². The van der Waals surface area contributed by atoms with Gasteiger partial charge in [-0.15, -0.1) is 0 Å². The Balaban J connectivity index is 2.33. The lowest BCUT2D eigenvalue weighted by Gasteiger charge is -2.19. The quantitative estimate of drug-likeness (QED) is 0.622. The largest absolute Gasteiger partial charge is 0.760 e. The van der Waals surface area contributed by atoms with E-state index in [2.05, 4.69) is 4.98 Å². The zero-order chi connectivity index (χ0) is 14.6. The minimum Gasteiger partial charge on any atom is -0.760 e. The second kappa shape index (κ2) is 6.41. The first-order valence-electron chi connectivity index (χ1n) is 5.22. The summed E-state index contributed by atoms with van der Waals surface area (Å²) < 4.78 is 52.6. The van der Waals surface area contributed by atoms with Gasteiger partial charge in [-0.25, -0.2) is 9.71 Å². The third-order valence-corrected chi connectivity index (χ3v) is 4.88. The van der Waals surface area contributed by atoms with Gasteiger partial charge in [0.05, 0.1) is 0 Å². The van der Waals surface area contributed by atoms with Crippen molar-refractivity contribution in [1.82, 2.24) is 9.71 Å². The van der Waals surface area contributed by atoms with Crippen molar-refractivity contribution in [3.63, 3.8) is 0 Å². The van der Waals surface area contributed by atoms with E-state index in [1.54, 1.807) is 23.6 Å². The minimum atomic E-state index is -4.25. The lowest BCUT2D eigenvalue weighted by Crippen LogP contribution is -2.32. The number of rotatable bonds is 6. The highest BCUT2D eigenvalue weighted by Gasteiger charge is 2.30. The Kier molecular flexibility index (Phi) is 4.83. The fourth-order valence-electron chi connectivity index (χ4n) is 1.41. The zero-order valence-corrected chi connectivity index (χ0v) is 12.3. The Hall–Kier alpha value is -1.33. The van der Waals surface area contributed by atoms with Gasteiger partial charge in [0.1, 0.15) is 0 Å². The van der Waals surface area contributed by atoms with E-state index in [1.807, 2.05) is 4.72 Å². The smallest absolute Gasteiger partial charge is 0.332 e. The molecule has 2 atom stereocenters. The maximum atomic E-state index is 12.1. The predicted octanol–water partition coefficient (Wildman–Crippen LogP) is 0.934. The van der Waals surface area contributed by atoms with Crippen LogP contribution in [0.2, 0.25) is 0 Å². The maximum absolute atomic E-state index is 12.1. The summed E-state index contributed by atoms with van der Waals surface area (Å²) in [6.45, 7) is 0. The molecule has 20 heavy (non-hydrogen) atoms. The summed E-state index contributed by atoms with van der Waals surface area (Å²) in [6, 6.07) is 7.83. The average molecular weight is 333 g/mol. The summed E-state index contributed by atoms with van der Waals surface area (Å²) in [5, 5.41) is -0.0722. The monoisotopic (exact) mass is 333 g/mol. The first kappa shape index (κ1) is 15.1. The normalized spacial score (nSPS) is 14.7. The molecule has 0 aliphatic carbocycles. The Morgan fingerprint density at radius 1 is 1.35 bits per heavy atom. The second-order valence-electron chi connectivity index (χ2n) is 3.52. The Morgan fingerprint density at radius 3 is 2.60 bits per heavy atom. The van der Waals surface area contributed by atoms with Crippen LogP contribution in [0.5, 0.6) is 5.19 Å². The van der Waals surface area contributed by atoms with Crippen LogP contribution in [0.4, 0.5) is 0 Å². The molecule has 2 aromatic rings. The molecule has 0 fully saturated rings. The van der Waals surface area contributed by atoms with E-state index in [1.165, 1.54) is 18.3 Å². The van der Waals surface area contributed by atoms with Gasteiger partial charge in [-0.2, -0.15) is 8.42 Å². The van der Waals surface area contributed by atoms with Gasteiger partial charge in [-0.1, -0.05) is 41.7 Å². The fourth-order valence-corrected chi connectivity index (χ4v) is 4.06. The lowest BCUT2D eigenvalue weighted by molar-refractivity contribution is 0.460. The van der Waals surface area contributed by atoms with Crippen LogP contribution in [-0.2, 0) is 21.4 Å². The number of benzene rings is 1. The second-order valence-corrected chi connectivity index (χ2v) is 6.70. The van der Waals surface area contributed by atoms with Gasteiger partial charge in [0.15, 0.2) is 5.37 Å². The van der Waals surface area contributed by atoms with Crippen LogP contribution in [0.3, 0.4) is 0 Å². The van der Waals surface area contributed by atoms with Crippen molar-refractivity contribution in [3.05, 3.63) is 47.5 Å². The van der Waals surface area contributed by atoms with Crippen LogP contribution >= 0.6 is 11.3 Å². The molecule has 2 rings (SSSR count). The van der Waals surface area contributed by atoms with E-state index < -0.39 is 26.8 Å². The van der Waals surface area contributed by atoms with Gasteiger partial charge in [0.25, 0.3) is 5.19 Å². The third kappa shape index (κ3) is 3.84. The Morgan fingerprint density at radius 2 is 2.05 bits per heavy atom. The molecule has 2 unspecified atom stereocenters. The van der Waals surface area contributed by atoms with Crippen LogP contribution in [0.15, 0.2) is 41.9 Å². The number of aromatic nitrogens is 1. The molecule has 0 aliphatic rings. The summed E-state index contributed by atoms with van der Waals surface area (Å²) >= 11 is -1.78. The van der Waals surface area contributed by atoms with Crippen molar-refractivity contribution in [2.24, 2.45) is 0 Å². The van der Waals surface area contributed by atoms with Gasteiger partial charge in [0, 0.05) is 22.8 Å². The predicted molar refractivity (Wildman–Crippen MR) is 72.9 cm³/mol. The number of nitrogens with one attached hydrogen (secondary N) is 1. The molecule has 0 aliphatic heterocycles. The molecule has 0 radical (unpaired) electrons. The van der Waals surface area contributed by atoms with E-state index in [9.17, 15) is 17.2 Å². The molecule has 0 amide bonds. The molecular weight excluding hydrogens is 324 g/mol. The van der Waals surface area contributed by atoms with Crippen molar-refractivity contribution in [2.45, 2.75) is 5.37 Å². The third-order valence-electron chi connectivity index (χ3n) is 2.19. The molecule has 1 heterocycles. The molecule has 1 N–H and O–H groups in total. The SMILES string of the molecule is O=S([O-])NC(c1ccccc1)S(=O)(=O)Oc1nccs1. The van der Waals surface area contributed by atoms with Gasteiger partial charge < -0.3 is 8.74 Å². The van der Waals surface area contributed by atoms with Crippen LogP contribution in [0.25, 0.3) is 0 Å². The number of nitrogens with zero attached hydrogens (tertiary/aromatic N) is 1. The summed E-state index contributed by atoms with van der Waals surface area (Å²) in [6.07, 6.45) is 1.38. The molecule has 7 nitrogen and oxygen atoms in total. The number of thiazole rings is 1. The molecule has 0 spiro atoms. The van der Waals surface area contributed by atoms with E-state index in [-0.39, 0.29) is 10.8 Å². The van der Waals surface area contributed by atoms with Crippen molar-refractivity contribution >= 4 is 32.7 Å². The molecule has 1 aromatic carbocycles. The van der Waals surface area contributed by atoms with Crippen LogP contribution in [-0.4, -0.2) is 22.2 Å². The summed E-state index contributed by atoms with van der Waals surface area (Å²) in [5.41, 5.74) is 0.244. The molecule has 108 valence electrons. The minimum absolute atomic E-state index is 0.0792. The van der Waals surface area contributed by atoms with Crippen LogP contribution < -0.4 is 8.91 Å². The zero-order valence-electron chi connectivity index (χ0n) is 9.83. The van der Waals surface area contributed by atoms with E-state index in [0.29, 0.717) is 0 Å².